The van der Waals surface area contributed by atoms with Crippen LogP contribution in [0.25, 0.3) is 0 Å². The lowest BCUT2D eigenvalue weighted by Gasteiger charge is -2.33. The van der Waals surface area contributed by atoms with Crippen LogP contribution in [0.1, 0.15) is 31.9 Å². The Morgan fingerprint density at radius 2 is 1.93 bits per heavy atom. The zero-order valence-corrected chi connectivity index (χ0v) is 11.1. The van der Waals surface area contributed by atoms with Gasteiger partial charge in [0, 0.05) is 21.2 Å². The van der Waals surface area contributed by atoms with Gasteiger partial charge in [0.1, 0.15) is 0 Å². The minimum absolute atomic E-state index is 0.365. The zero-order chi connectivity index (χ0) is 10.8. The molecule has 14 heavy (non-hydrogen) atoms. The maximum Gasteiger partial charge on any atom is 0.0395 e. The standard InChI is InChI=1S/C12H21NSi/c1-12(2,3)11(14(4)5)10-7-6-8-13-9-10/h6-9,11,14H,1-5H3. The SMILES string of the molecule is C[SiH](C)C(c1cccnc1)C(C)(C)C. The van der Waals surface area contributed by atoms with Gasteiger partial charge in [0.05, 0.1) is 0 Å². The molecule has 0 N–H and O–H groups in total. The van der Waals surface area contributed by atoms with Gasteiger partial charge in [0.2, 0.25) is 0 Å². The molecule has 78 valence electrons. The molecular weight excluding hydrogens is 186 g/mol. The van der Waals surface area contributed by atoms with Crippen LogP contribution in [0.5, 0.6) is 0 Å². The van der Waals surface area contributed by atoms with Crippen LogP contribution in [-0.4, -0.2) is 13.8 Å². The first-order valence-electron chi connectivity index (χ1n) is 5.33. The number of hydrogen-bond donors (Lipinski definition) is 0. The maximum absolute atomic E-state index is 4.22. The van der Waals surface area contributed by atoms with Crippen molar-refractivity contribution >= 4 is 8.80 Å². The van der Waals surface area contributed by atoms with E-state index in [4.69, 9.17) is 0 Å². The summed E-state index contributed by atoms with van der Waals surface area (Å²) in [7, 11) is -0.677. The second-order valence-electron chi connectivity index (χ2n) is 5.37. The molecule has 0 saturated heterocycles. The summed E-state index contributed by atoms with van der Waals surface area (Å²) in [6.07, 6.45) is 3.88. The summed E-state index contributed by atoms with van der Waals surface area (Å²) in [4.78, 5) is 4.22. The third kappa shape index (κ3) is 2.68. The zero-order valence-electron chi connectivity index (χ0n) is 9.91. The fraction of sp³-hybridized carbons (Fsp3) is 0.583. The third-order valence-corrected chi connectivity index (χ3v) is 5.36. The molecular formula is C12H21NSi. The molecule has 0 aliphatic heterocycles. The minimum Gasteiger partial charge on any atom is -0.264 e. The van der Waals surface area contributed by atoms with E-state index in [-0.39, 0.29) is 0 Å². The van der Waals surface area contributed by atoms with Gasteiger partial charge in [-0.2, -0.15) is 0 Å². The molecule has 0 radical (unpaired) electrons. The molecule has 0 spiro atoms. The Labute approximate surface area is 89.2 Å². The Morgan fingerprint density at radius 3 is 2.29 bits per heavy atom. The first-order chi connectivity index (χ1) is 6.43. The monoisotopic (exact) mass is 207 g/mol. The van der Waals surface area contributed by atoms with E-state index in [0.29, 0.717) is 5.41 Å². The summed E-state index contributed by atoms with van der Waals surface area (Å²) in [6, 6.07) is 4.26. The molecule has 0 bridgehead atoms. The molecule has 1 heterocycles. The van der Waals surface area contributed by atoms with Crippen LogP contribution in [0, 0.1) is 5.41 Å². The summed E-state index contributed by atoms with van der Waals surface area (Å²) >= 11 is 0. The van der Waals surface area contributed by atoms with E-state index in [1.54, 1.807) is 0 Å². The molecule has 0 aromatic carbocycles. The van der Waals surface area contributed by atoms with Gasteiger partial charge in [-0.1, -0.05) is 39.9 Å². The average Bonchev–Trinajstić information content (AvgIpc) is 2.02. The summed E-state index contributed by atoms with van der Waals surface area (Å²) in [5.41, 5.74) is 2.50. The molecule has 1 aromatic heterocycles. The van der Waals surface area contributed by atoms with Crippen LogP contribution < -0.4 is 0 Å². The van der Waals surface area contributed by atoms with Crippen molar-refractivity contribution in [3.63, 3.8) is 0 Å². The van der Waals surface area contributed by atoms with Gasteiger partial charge in [0.25, 0.3) is 0 Å². The molecule has 1 unspecified atom stereocenters. The molecule has 1 atom stereocenters. The molecule has 0 aliphatic carbocycles. The van der Waals surface area contributed by atoms with E-state index < -0.39 is 8.80 Å². The number of nitrogens with zero attached hydrogens (tertiary/aromatic N) is 1. The van der Waals surface area contributed by atoms with Crippen molar-refractivity contribution in [2.24, 2.45) is 5.41 Å². The summed E-state index contributed by atoms with van der Waals surface area (Å²) in [6.45, 7) is 11.8. The Balaban J connectivity index is 3.02. The van der Waals surface area contributed by atoms with E-state index in [0.717, 1.165) is 5.54 Å². The highest BCUT2D eigenvalue weighted by Gasteiger charge is 2.29. The summed E-state index contributed by atoms with van der Waals surface area (Å²) < 4.78 is 0. The second-order valence-corrected chi connectivity index (χ2v) is 8.53. The average molecular weight is 207 g/mol. The molecule has 0 fully saturated rings. The van der Waals surface area contributed by atoms with Crippen LogP contribution in [-0.2, 0) is 0 Å². The van der Waals surface area contributed by atoms with Crippen LogP contribution in [0.2, 0.25) is 13.1 Å². The molecule has 0 saturated carbocycles. The normalized spacial score (nSPS) is 14.4. The predicted molar refractivity (Wildman–Crippen MR) is 65.3 cm³/mol. The van der Waals surface area contributed by atoms with E-state index in [9.17, 15) is 0 Å². The van der Waals surface area contributed by atoms with Crippen molar-refractivity contribution in [3.05, 3.63) is 30.1 Å². The number of hydrogen-bond acceptors (Lipinski definition) is 1. The van der Waals surface area contributed by atoms with Gasteiger partial charge < -0.3 is 0 Å². The van der Waals surface area contributed by atoms with E-state index in [1.165, 1.54) is 5.56 Å². The van der Waals surface area contributed by atoms with Gasteiger partial charge in [0.15, 0.2) is 0 Å². The highest BCUT2D eigenvalue weighted by molar-refractivity contribution is 6.57. The van der Waals surface area contributed by atoms with Crippen LogP contribution in [0.4, 0.5) is 0 Å². The molecule has 2 heteroatoms. The highest BCUT2D eigenvalue weighted by atomic mass is 28.3. The minimum atomic E-state index is -0.677. The fourth-order valence-electron chi connectivity index (χ4n) is 2.44. The van der Waals surface area contributed by atoms with Crippen molar-refractivity contribution in [2.75, 3.05) is 0 Å². The van der Waals surface area contributed by atoms with Gasteiger partial charge in [-0.05, 0) is 22.6 Å². The maximum atomic E-state index is 4.22. The smallest absolute Gasteiger partial charge is 0.0395 e. The Bertz CT molecular complexity index is 274. The van der Waals surface area contributed by atoms with Crippen LogP contribution in [0.3, 0.4) is 0 Å². The first-order valence-corrected chi connectivity index (χ1v) is 8.30. The summed E-state index contributed by atoms with van der Waals surface area (Å²) in [5, 5.41) is 0. The number of rotatable bonds is 2. The first kappa shape index (κ1) is 11.4. The predicted octanol–water partition coefficient (Wildman–Crippen LogP) is 3.24. The molecule has 1 nitrogen and oxygen atoms in total. The summed E-state index contributed by atoms with van der Waals surface area (Å²) in [5.74, 6) is 0. The fourth-order valence-corrected chi connectivity index (χ4v) is 5.41. The van der Waals surface area contributed by atoms with Crippen molar-refractivity contribution in [1.29, 1.82) is 0 Å². The quantitative estimate of drug-likeness (QED) is 0.679. The molecule has 0 aliphatic rings. The Morgan fingerprint density at radius 1 is 1.29 bits per heavy atom. The van der Waals surface area contributed by atoms with E-state index >= 15 is 0 Å². The lowest BCUT2D eigenvalue weighted by Crippen LogP contribution is -2.29. The van der Waals surface area contributed by atoms with Crippen molar-refractivity contribution in [2.45, 2.75) is 39.4 Å². The molecule has 0 amide bonds. The van der Waals surface area contributed by atoms with Crippen molar-refractivity contribution in [3.8, 4) is 0 Å². The third-order valence-electron chi connectivity index (χ3n) is 2.64. The highest BCUT2D eigenvalue weighted by Crippen LogP contribution is 2.36. The van der Waals surface area contributed by atoms with Gasteiger partial charge in [-0.15, -0.1) is 0 Å². The van der Waals surface area contributed by atoms with Gasteiger partial charge in [-0.3, -0.25) is 4.98 Å². The molecule has 1 aromatic rings. The van der Waals surface area contributed by atoms with E-state index in [2.05, 4.69) is 44.9 Å². The van der Waals surface area contributed by atoms with Crippen LogP contribution >= 0.6 is 0 Å². The van der Waals surface area contributed by atoms with Crippen molar-refractivity contribution < 1.29 is 0 Å². The topological polar surface area (TPSA) is 12.9 Å². The van der Waals surface area contributed by atoms with Crippen LogP contribution in [0.15, 0.2) is 24.5 Å². The lowest BCUT2D eigenvalue weighted by molar-refractivity contribution is 0.388. The van der Waals surface area contributed by atoms with Crippen molar-refractivity contribution in [1.82, 2.24) is 4.98 Å². The van der Waals surface area contributed by atoms with Gasteiger partial charge >= 0.3 is 0 Å². The number of aromatic nitrogens is 1. The Hall–Kier alpha value is -0.633. The van der Waals surface area contributed by atoms with E-state index in [1.807, 2.05) is 18.5 Å². The second kappa shape index (κ2) is 4.26. The lowest BCUT2D eigenvalue weighted by atomic mass is 9.88. The molecule has 1 rings (SSSR count). The largest absolute Gasteiger partial charge is 0.264 e. The van der Waals surface area contributed by atoms with Gasteiger partial charge in [-0.25, -0.2) is 0 Å². The Kier molecular flexibility index (Phi) is 3.48. The number of pyridine rings is 1.